The summed E-state index contributed by atoms with van der Waals surface area (Å²) in [5, 5.41) is 0. The van der Waals surface area contributed by atoms with Crippen LogP contribution < -0.4 is 5.73 Å². The lowest BCUT2D eigenvalue weighted by Crippen LogP contribution is -2.31. The van der Waals surface area contributed by atoms with E-state index in [1.807, 2.05) is 6.07 Å². The van der Waals surface area contributed by atoms with Gasteiger partial charge in [0.1, 0.15) is 11.7 Å². The largest absolute Gasteiger partial charge is 0.468 e. The minimum Gasteiger partial charge on any atom is -0.468 e. The first-order valence-corrected chi connectivity index (χ1v) is 7.19. The van der Waals surface area contributed by atoms with Crippen LogP contribution in [-0.2, 0) is 20.0 Å². The first-order chi connectivity index (χ1) is 9.58. The highest BCUT2D eigenvalue weighted by molar-refractivity contribution is 7.98. The number of pyridine rings is 1. The van der Waals surface area contributed by atoms with Gasteiger partial charge < -0.3 is 15.2 Å². The molecule has 1 unspecified atom stereocenters. The third-order valence-electron chi connectivity index (χ3n) is 2.53. The van der Waals surface area contributed by atoms with Crippen molar-refractivity contribution in [1.29, 1.82) is 0 Å². The van der Waals surface area contributed by atoms with Gasteiger partial charge in [0.2, 0.25) is 0 Å². The fourth-order valence-electron chi connectivity index (χ4n) is 1.43. The molecule has 20 heavy (non-hydrogen) atoms. The number of thioether (sulfide) groups is 1. The summed E-state index contributed by atoms with van der Waals surface area (Å²) in [4.78, 5) is 26.6. The molecule has 0 bridgehead atoms. The molecule has 0 radical (unpaired) electrons. The van der Waals surface area contributed by atoms with Gasteiger partial charge in [-0.25, -0.2) is 9.78 Å². The summed E-state index contributed by atoms with van der Waals surface area (Å²) in [5.74, 6) is 0.486. The molecule has 6 nitrogen and oxygen atoms in total. The molecule has 1 aromatic rings. The molecule has 0 amide bonds. The Bertz CT molecular complexity index is 467. The number of nitrogens with two attached hydrogens (primary N) is 1. The van der Waals surface area contributed by atoms with Crippen molar-refractivity contribution in [2.45, 2.75) is 18.2 Å². The Labute approximate surface area is 122 Å². The Morgan fingerprint density at radius 2 is 2.10 bits per heavy atom. The van der Waals surface area contributed by atoms with Crippen LogP contribution in [0.2, 0.25) is 0 Å². The lowest BCUT2D eigenvalue weighted by Gasteiger charge is -2.08. The SMILES string of the molecule is COC(=O)c1cccc(CSCCC(N)C(=O)OC)n1. The molecule has 0 aliphatic heterocycles. The van der Waals surface area contributed by atoms with Crippen LogP contribution in [0.15, 0.2) is 18.2 Å². The topological polar surface area (TPSA) is 91.5 Å². The predicted octanol–water partition coefficient (Wildman–Crippen LogP) is 0.992. The van der Waals surface area contributed by atoms with Gasteiger partial charge in [0.15, 0.2) is 0 Å². The van der Waals surface area contributed by atoms with E-state index in [1.54, 1.807) is 23.9 Å². The molecular weight excluding hydrogens is 280 g/mol. The minimum absolute atomic E-state index is 0.289. The third kappa shape index (κ3) is 5.18. The van der Waals surface area contributed by atoms with E-state index >= 15 is 0 Å². The van der Waals surface area contributed by atoms with E-state index < -0.39 is 18.0 Å². The molecule has 1 aromatic heterocycles. The highest BCUT2D eigenvalue weighted by atomic mass is 32.2. The number of carbonyl (C=O) groups excluding carboxylic acids is 2. The minimum atomic E-state index is -0.595. The predicted molar refractivity (Wildman–Crippen MR) is 76.3 cm³/mol. The van der Waals surface area contributed by atoms with Crippen molar-refractivity contribution in [3.63, 3.8) is 0 Å². The molecule has 1 rings (SSSR count). The summed E-state index contributed by atoms with van der Waals surface area (Å²) >= 11 is 1.59. The molecule has 0 saturated heterocycles. The van der Waals surface area contributed by atoms with E-state index in [4.69, 9.17) is 5.73 Å². The number of aromatic nitrogens is 1. The van der Waals surface area contributed by atoms with Crippen molar-refractivity contribution in [2.24, 2.45) is 5.73 Å². The van der Waals surface area contributed by atoms with Crippen molar-refractivity contribution in [3.05, 3.63) is 29.6 Å². The summed E-state index contributed by atoms with van der Waals surface area (Å²) in [6, 6.07) is 4.60. The Morgan fingerprint density at radius 1 is 1.35 bits per heavy atom. The van der Waals surface area contributed by atoms with Gasteiger partial charge in [-0.2, -0.15) is 11.8 Å². The zero-order chi connectivity index (χ0) is 15.0. The number of ether oxygens (including phenoxy) is 2. The quantitative estimate of drug-likeness (QED) is 0.593. The summed E-state index contributed by atoms with van der Waals surface area (Å²) in [5.41, 5.74) is 6.70. The summed E-state index contributed by atoms with van der Waals surface area (Å²) in [6.07, 6.45) is 0.536. The molecule has 0 fully saturated rings. The number of esters is 2. The van der Waals surface area contributed by atoms with Gasteiger partial charge in [0.25, 0.3) is 0 Å². The van der Waals surface area contributed by atoms with Crippen molar-refractivity contribution in [2.75, 3.05) is 20.0 Å². The van der Waals surface area contributed by atoms with Gasteiger partial charge in [-0.1, -0.05) is 6.07 Å². The molecule has 0 saturated carbocycles. The van der Waals surface area contributed by atoms with E-state index in [1.165, 1.54) is 14.2 Å². The van der Waals surface area contributed by atoms with Crippen molar-refractivity contribution in [1.82, 2.24) is 4.98 Å². The highest BCUT2D eigenvalue weighted by Crippen LogP contribution is 2.13. The maximum atomic E-state index is 11.3. The van der Waals surface area contributed by atoms with Gasteiger partial charge >= 0.3 is 11.9 Å². The molecule has 2 N–H and O–H groups in total. The van der Waals surface area contributed by atoms with E-state index in [-0.39, 0.29) is 5.69 Å². The number of carbonyl (C=O) groups is 2. The van der Waals surface area contributed by atoms with Gasteiger partial charge in [-0.3, -0.25) is 4.79 Å². The van der Waals surface area contributed by atoms with Crippen molar-refractivity contribution >= 4 is 23.7 Å². The number of nitrogens with zero attached hydrogens (tertiary/aromatic N) is 1. The molecule has 110 valence electrons. The normalized spacial score (nSPS) is 11.8. The average Bonchev–Trinajstić information content (AvgIpc) is 2.49. The van der Waals surface area contributed by atoms with Gasteiger partial charge in [-0.05, 0) is 24.3 Å². The van der Waals surface area contributed by atoms with Gasteiger partial charge in [0.05, 0.1) is 19.9 Å². The van der Waals surface area contributed by atoms with Crippen LogP contribution in [0.4, 0.5) is 0 Å². The Hall–Kier alpha value is -1.60. The molecule has 1 heterocycles. The van der Waals surface area contributed by atoms with E-state index in [0.717, 1.165) is 5.69 Å². The first-order valence-electron chi connectivity index (χ1n) is 6.04. The van der Waals surface area contributed by atoms with Crippen LogP contribution in [0.1, 0.15) is 22.6 Å². The number of methoxy groups -OCH3 is 2. The van der Waals surface area contributed by atoms with Gasteiger partial charge in [0, 0.05) is 5.75 Å². The lowest BCUT2D eigenvalue weighted by atomic mass is 10.2. The molecule has 0 aliphatic carbocycles. The zero-order valence-electron chi connectivity index (χ0n) is 11.5. The fraction of sp³-hybridized carbons (Fsp3) is 0.462. The van der Waals surface area contributed by atoms with E-state index in [2.05, 4.69) is 14.5 Å². The lowest BCUT2D eigenvalue weighted by molar-refractivity contribution is -0.142. The first kappa shape index (κ1) is 16.5. The second-order valence-electron chi connectivity index (χ2n) is 3.98. The van der Waals surface area contributed by atoms with Crippen LogP contribution in [0.5, 0.6) is 0 Å². The van der Waals surface area contributed by atoms with Crippen molar-refractivity contribution < 1.29 is 19.1 Å². The van der Waals surface area contributed by atoms with Crippen LogP contribution in [0, 0.1) is 0 Å². The number of hydrogen-bond acceptors (Lipinski definition) is 7. The molecule has 1 atom stereocenters. The second-order valence-corrected chi connectivity index (χ2v) is 5.08. The Balaban J connectivity index is 2.39. The van der Waals surface area contributed by atoms with E-state index in [0.29, 0.717) is 17.9 Å². The molecule has 0 aromatic carbocycles. The third-order valence-corrected chi connectivity index (χ3v) is 3.55. The smallest absolute Gasteiger partial charge is 0.356 e. The number of rotatable bonds is 7. The van der Waals surface area contributed by atoms with Crippen molar-refractivity contribution in [3.8, 4) is 0 Å². The zero-order valence-corrected chi connectivity index (χ0v) is 12.3. The Kier molecular flexibility index (Phi) is 7.03. The summed E-state index contributed by atoms with van der Waals surface area (Å²) < 4.78 is 9.16. The average molecular weight is 298 g/mol. The molecular formula is C13H18N2O4S. The standard InChI is InChI=1S/C13H18N2O4S/c1-18-12(16)10(14)6-7-20-8-9-4-3-5-11(15-9)13(17)19-2/h3-5,10H,6-8,14H2,1-2H3. The van der Waals surface area contributed by atoms with E-state index in [9.17, 15) is 9.59 Å². The molecule has 7 heteroatoms. The maximum Gasteiger partial charge on any atom is 0.356 e. The van der Waals surface area contributed by atoms with Crippen LogP contribution >= 0.6 is 11.8 Å². The number of hydrogen-bond donors (Lipinski definition) is 1. The fourth-order valence-corrected chi connectivity index (χ4v) is 2.37. The summed E-state index contributed by atoms with van der Waals surface area (Å²) in [7, 11) is 2.64. The second kappa shape index (κ2) is 8.55. The molecule has 0 aliphatic rings. The highest BCUT2D eigenvalue weighted by Gasteiger charge is 2.13. The molecule has 0 spiro atoms. The summed E-state index contributed by atoms with van der Waals surface area (Å²) in [6.45, 7) is 0. The van der Waals surface area contributed by atoms with Crippen LogP contribution in [0.25, 0.3) is 0 Å². The Morgan fingerprint density at radius 3 is 2.75 bits per heavy atom. The van der Waals surface area contributed by atoms with Crippen LogP contribution in [-0.4, -0.2) is 42.9 Å². The van der Waals surface area contributed by atoms with Gasteiger partial charge in [-0.15, -0.1) is 0 Å². The maximum absolute atomic E-state index is 11.3. The van der Waals surface area contributed by atoms with Crippen LogP contribution in [0.3, 0.4) is 0 Å². The monoisotopic (exact) mass is 298 g/mol.